The topological polar surface area (TPSA) is 119 Å². The molecule has 11 heteroatoms. The zero-order chi connectivity index (χ0) is 18.0. The number of benzene rings is 1. The minimum absolute atomic E-state index is 0.0683. The molecule has 0 saturated heterocycles. The van der Waals surface area contributed by atoms with Gasteiger partial charge in [0.25, 0.3) is 0 Å². The average molecular weight is 363 g/mol. The summed E-state index contributed by atoms with van der Waals surface area (Å²) in [5.74, 6) is -2.96. The Bertz CT molecular complexity index is 570. The van der Waals surface area contributed by atoms with Gasteiger partial charge in [-0.1, -0.05) is 30.3 Å². The summed E-state index contributed by atoms with van der Waals surface area (Å²) in [4.78, 5) is 32.2. The number of amides is 1. The second-order valence-electron chi connectivity index (χ2n) is 4.15. The van der Waals surface area contributed by atoms with Gasteiger partial charge in [-0.3, -0.25) is 9.88 Å². The van der Waals surface area contributed by atoms with Gasteiger partial charge in [0.2, 0.25) is 5.78 Å². The van der Waals surface area contributed by atoms with Gasteiger partial charge in [0, 0.05) is 0 Å². The number of hydrogen-bond donors (Lipinski definition) is 1. The lowest BCUT2D eigenvalue weighted by atomic mass is 10.2. The van der Waals surface area contributed by atoms with Crippen LogP contribution in [0.1, 0.15) is 5.56 Å². The molecule has 1 N–H and O–H groups in total. The molecule has 1 amide bonds. The van der Waals surface area contributed by atoms with Crippen LogP contribution in [0.5, 0.6) is 0 Å². The minimum atomic E-state index is -4.38. The van der Waals surface area contributed by atoms with Crippen molar-refractivity contribution >= 4 is 19.7 Å². The normalized spacial score (nSPS) is 12.3. The first kappa shape index (κ1) is 20.1. The molecule has 0 aliphatic heterocycles. The Morgan fingerprint density at radius 3 is 2.17 bits per heavy atom. The molecule has 0 saturated carbocycles. The summed E-state index contributed by atoms with van der Waals surface area (Å²) >= 11 is 0. The molecule has 0 unspecified atom stereocenters. The molecule has 0 spiro atoms. The molecular formula is C13H18NO9P. The number of esters is 1. The third kappa shape index (κ3) is 5.91. The molecule has 0 aliphatic carbocycles. The van der Waals surface area contributed by atoms with Crippen LogP contribution in [-0.4, -0.2) is 39.2 Å². The van der Waals surface area contributed by atoms with Gasteiger partial charge in [0.1, 0.15) is 6.61 Å². The van der Waals surface area contributed by atoms with Crippen molar-refractivity contribution in [3.63, 3.8) is 0 Å². The molecule has 0 aromatic heterocycles. The summed E-state index contributed by atoms with van der Waals surface area (Å²) in [6.45, 7) is -0.0683. The van der Waals surface area contributed by atoms with Crippen LogP contribution in [0.3, 0.4) is 0 Å². The zero-order valence-electron chi connectivity index (χ0n) is 13.3. The first-order valence-electron chi connectivity index (χ1n) is 6.56. The number of rotatable bonds is 9. The van der Waals surface area contributed by atoms with Crippen molar-refractivity contribution in [1.82, 2.24) is 5.32 Å². The Kier molecular flexibility index (Phi) is 8.37. The predicted molar refractivity (Wildman–Crippen MR) is 79.4 cm³/mol. The highest BCUT2D eigenvalue weighted by Crippen LogP contribution is 2.52. The van der Waals surface area contributed by atoms with Gasteiger partial charge in [-0.15, -0.1) is 9.35 Å². The number of carbonyl (C=O) groups excluding carboxylic acids is 2. The van der Waals surface area contributed by atoms with E-state index in [1.54, 1.807) is 30.3 Å². The Morgan fingerprint density at radius 1 is 1.08 bits per heavy atom. The summed E-state index contributed by atoms with van der Waals surface area (Å²) in [6.07, 6.45) is -1.05. The second kappa shape index (κ2) is 10.0. The smallest absolute Gasteiger partial charge is 0.417 e. The Morgan fingerprint density at radius 2 is 1.67 bits per heavy atom. The molecule has 10 nitrogen and oxygen atoms in total. The van der Waals surface area contributed by atoms with E-state index < -0.39 is 25.4 Å². The summed E-state index contributed by atoms with van der Waals surface area (Å²) in [7, 11) is -1.29. The van der Waals surface area contributed by atoms with Crippen molar-refractivity contribution in [1.29, 1.82) is 0 Å². The van der Waals surface area contributed by atoms with E-state index in [0.29, 0.717) is 5.56 Å². The van der Waals surface area contributed by atoms with E-state index in [4.69, 9.17) is 4.74 Å². The van der Waals surface area contributed by atoms with E-state index in [2.05, 4.69) is 23.9 Å². The maximum Gasteiger partial charge on any atom is 0.417 e. The van der Waals surface area contributed by atoms with Crippen LogP contribution in [0.25, 0.3) is 0 Å². The van der Waals surface area contributed by atoms with E-state index in [9.17, 15) is 14.2 Å². The van der Waals surface area contributed by atoms with Crippen molar-refractivity contribution in [2.45, 2.75) is 12.4 Å². The van der Waals surface area contributed by atoms with Crippen LogP contribution in [0, 0.1) is 0 Å². The maximum atomic E-state index is 12.5. The van der Waals surface area contributed by atoms with Gasteiger partial charge in [0.05, 0.1) is 21.3 Å². The molecule has 1 aromatic carbocycles. The van der Waals surface area contributed by atoms with E-state index in [-0.39, 0.29) is 6.61 Å². The summed E-state index contributed by atoms with van der Waals surface area (Å²) < 4.78 is 30.8. The first-order valence-corrected chi connectivity index (χ1v) is 8.17. The van der Waals surface area contributed by atoms with Crippen molar-refractivity contribution in [3.05, 3.63) is 35.9 Å². The third-order valence-corrected chi connectivity index (χ3v) is 4.25. The van der Waals surface area contributed by atoms with E-state index >= 15 is 0 Å². The maximum absolute atomic E-state index is 12.5. The molecule has 0 radical (unpaired) electrons. The molecule has 24 heavy (non-hydrogen) atoms. The predicted octanol–water partition coefficient (Wildman–Crippen LogP) is 1.76. The van der Waals surface area contributed by atoms with Crippen molar-refractivity contribution in [3.8, 4) is 0 Å². The number of hydrogen-bond acceptors (Lipinski definition) is 9. The lowest BCUT2D eigenvalue weighted by Crippen LogP contribution is -2.42. The minimum Gasteiger partial charge on any atom is -0.467 e. The van der Waals surface area contributed by atoms with Crippen LogP contribution in [0.15, 0.2) is 30.3 Å². The number of ether oxygens (including phenoxy) is 2. The quantitative estimate of drug-likeness (QED) is 0.303. The van der Waals surface area contributed by atoms with Gasteiger partial charge in [-0.25, -0.2) is 19.4 Å². The molecule has 1 atom stereocenters. The highest BCUT2D eigenvalue weighted by Gasteiger charge is 2.46. The summed E-state index contributed by atoms with van der Waals surface area (Å²) in [5.41, 5.74) is 0.715. The van der Waals surface area contributed by atoms with E-state index in [1.807, 2.05) is 5.32 Å². The second-order valence-corrected chi connectivity index (χ2v) is 6.05. The van der Waals surface area contributed by atoms with Gasteiger partial charge in [-0.05, 0) is 5.56 Å². The van der Waals surface area contributed by atoms with Crippen LogP contribution >= 0.6 is 7.60 Å². The van der Waals surface area contributed by atoms with Crippen molar-refractivity contribution in [2.75, 3.05) is 21.3 Å². The Hall–Kier alpha value is -1.97. The standard InChI is InChI=1S/C13H18NO9P/c1-18-12(15)11(24(17,22-19-2)23-20-3)14-13(16)21-9-10-7-5-4-6-8-10/h4-8,11H,9H2,1-3H3,(H,14,16)/t11-/m0/s1. The lowest BCUT2D eigenvalue weighted by molar-refractivity contribution is -0.244. The van der Waals surface area contributed by atoms with Crippen LogP contribution in [-0.2, 0) is 44.6 Å². The van der Waals surface area contributed by atoms with Crippen LogP contribution < -0.4 is 5.32 Å². The summed E-state index contributed by atoms with van der Waals surface area (Å²) in [6, 6.07) is 8.80. The lowest BCUT2D eigenvalue weighted by Gasteiger charge is -2.22. The highest BCUT2D eigenvalue weighted by atomic mass is 31.2. The molecule has 0 bridgehead atoms. The molecule has 0 heterocycles. The Balaban J connectivity index is 2.79. The van der Waals surface area contributed by atoms with Crippen LogP contribution in [0.2, 0.25) is 0 Å². The van der Waals surface area contributed by atoms with Gasteiger partial charge in [-0.2, -0.15) is 0 Å². The van der Waals surface area contributed by atoms with E-state index in [0.717, 1.165) is 21.3 Å². The number of alkyl carbamates (subject to hydrolysis) is 1. The number of methoxy groups -OCH3 is 1. The highest BCUT2D eigenvalue weighted by molar-refractivity contribution is 7.55. The zero-order valence-corrected chi connectivity index (χ0v) is 14.2. The molecule has 1 aromatic rings. The molecule has 0 fully saturated rings. The summed E-state index contributed by atoms with van der Waals surface area (Å²) in [5, 5.41) is 2.04. The fourth-order valence-corrected chi connectivity index (χ4v) is 2.80. The molecule has 0 aliphatic rings. The number of nitrogens with one attached hydrogen (secondary N) is 1. The fraction of sp³-hybridized carbons (Fsp3) is 0.385. The SMILES string of the molecule is COOP(=O)(OOC)[C@H](NC(=O)OCc1ccccc1)C(=O)OC. The third-order valence-electron chi connectivity index (χ3n) is 2.56. The largest absolute Gasteiger partial charge is 0.467 e. The molecule has 1 rings (SSSR count). The monoisotopic (exact) mass is 363 g/mol. The van der Waals surface area contributed by atoms with Crippen molar-refractivity contribution < 1.29 is 42.8 Å². The van der Waals surface area contributed by atoms with Gasteiger partial charge >= 0.3 is 19.7 Å². The van der Waals surface area contributed by atoms with Crippen molar-refractivity contribution in [2.24, 2.45) is 0 Å². The van der Waals surface area contributed by atoms with Gasteiger partial charge < -0.3 is 9.47 Å². The fourth-order valence-electron chi connectivity index (χ4n) is 1.56. The number of carbonyl (C=O) groups is 2. The van der Waals surface area contributed by atoms with E-state index in [1.165, 1.54) is 0 Å². The Labute approximate surface area is 138 Å². The molecule has 134 valence electrons. The van der Waals surface area contributed by atoms with Gasteiger partial charge in [0.15, 0.2) is 0 Å². The first-order chi connectivity index (χ1) is 11.5. The average Bonchev–Trinajstić information content (AvgIpc) is 2.58. The van der Waals surface area contributed by atoms with Crippen LogP contribution in [0.4, 0.5) is 4.79 Å². The molecular weight excluding hydrogens is 345 g/mol.